The van der Waals surface area contributed by atoms with Gasteiger partial charge in [0.05, 0.1) is 12.6 Å². The second kappa shape index (κ2) is 5.53. The molecule has 0 bridgehead atoms. The number of hydrogen-bond donors (Lipinski definition) is 1. The quantitative estimate of drug-likeness (QED) is 0.902. The van der Waals surface area contributed by atoms with Crippen LogP contribution in [0.25, 0.3) is 0 Å². The molecule has 0 aliphatic carbocycles. The average Bonchev–Trinajstić information content (AvgIpc) is 2.38. The second-order valence-electron chi connectivity index (χ2n) is 4.53. The summed E-state index contributed by atoms with van der Waals surface area (Å²) in [6, 6.07) is 13.4. The van der Waals surface area contributed by atoms with E-state index in [4.69, 9.17) is 22.1 Å². The first-order chi connectivity index (χ1) is 8.96. The number of benzene rings is 2. The molecule has 2 nitrogen and oxygen atoms in total. The molecule has 0 radical (unpaired) electrons. The van der Waals surface area contributed by atoms with Crippen molar-refractivity contribution in [1.82, 2.24) is 0 Å². The lowest BCUT2D eigenvalue weighted by Gasteiger charge is -2.28. The molecule has 0 saturated carbocycles. The average molecular weight is 341 g/mol. The van der Waals surface area contributed by atoms with Gasteiger partial charge in [0, 0.05) is 15.1 Å². The van der Waals surface area contributed by atoms with E-state index in [0.717, 1.165) is 21.3 Å². The number of rotatable bonds is 3. The molecule has 0 aliphatic heterocycles. The van der Waals surface area contributed by atoms with Crippen molar-refractivity contribution in [2.24, 2.45) is 5.73 Å². The minimum atomic E-state index is -0.718. The van der Waals surface area contributed by atoms with Crippen LogP contribution < -0.4 is 10.5 Å². The van der Waals surface area contributed by atoms with E-state index in [1.165, 1.54) is 0 Å². The molecule has 19 heavy (non-hydrogen) atoms. The predicted octanol–water partition coefficient (Wildman–Crippen LogP) is 4.33. The third-order valence-electron chi connectivity index (χ3n) is 3.16. The summed E-state index contributed by atoms with van der Waals surface area (Å²) in [6.07, 6.45) is 0. The van der Waals surface area contributed by atoms with Crippen LogP contribution in [0.2, 0.25) is 5.02 Å². The van der Waals surface area contributed by atoms with Gasteiger partial charge in [0.15, 0.2) is 0 Å². The lowest BCUT2D eigenvalue weighted by atomic mass is 9.85. The minimum Gasteiger partial charge on any atom is -0.496 e. The molecule has 2 rings (SSSR count). The highest BCUT2D eigenvalue weighted by Crippen LogP contribution is 2.37. The Morgan fingerprint density at radius 3 is 2.47 bits per heavy atom. The molecule has 2 aromatic rings. The summed E-state index contributed by atoms with van der Waals surface area (Å²) in [7, 11) is 1.64. The maximum absolute atomic E-state index is 6.51. The monoisotopic (exact) mass is 339 g/mol. The highest BCUT2D eigenvalue weighted by atomic mass is 79.9. The number of ether oxygens (including phenoxy) is 1. The van der Waals surface area contributed by atoms with Gasteiger partial charge in [-0.25, -0.2) is 0 Å². The fraction of sp³-hybridized carbons (Fsp3) is 0.200. The van der Waals surface area contributed by atoms with Crippen LogP contribution in [0.4, 0.5) is 0 Å². The normalized spacial score (nSPS) is 13.9. The largest absolute Gasteiger partial charge is 0.496 e. The standard InChI is InChI=1S/C15H15BrClNO/c1-15(18,11-8-7-10(16)9-13(11)17)12-5-3-4-6-14(12)19-2/h3-9H,18H2,1-2H3. The van der Waals surface area contributed by atoms with Crippen LogP contribution in [0.1, 0.15) is 18.1 Å². The molecule has 1 atom stereocenters. The van der Waals surface area contributed by atoms with Gasteiger partial charge in [-0.1, -0.05) is 51.8 Å². The summed E-state index contributed by atoms with van der Waals surface area (Å²) in [5, 5.41) is 0.630. The highest BCUT2D eigenvalue weighted by molar-refractivity contribution is 9.10. The van der Waals surface area contributed by atoms with Crippen LogP contribution in [-0.2, 0) is 5.54 Å². The molecule has 4 heteroatoms. The first kappa shape index (κ1) is 14.4. The van der Waals surface area contributed by atoms with Crippen molar-refractivity contribution >= 4 is 27.5 Å². The molecule has 0 spiro atoms. The van der Waals surface area contributed by atoms with E-state index < -0.39 is 5.54 Å². The predicted molar refractivity (Wildman–Crippen MR) is 82.8 cm³/mol. The molecule has 0 heterocycles. The lowest BCUT2D eigenvalue weighted by Crippen LogP contribution is -2.35. The zero-order chi connectivity index (χ0) is 14.0. The molecule has 0 amide bonds. The highest BCUT2D eigenvalue weighted by Gasteiger charge is 2.29. The van der Waals surface area contributed by atoms with Gasteiger partial charge in [0.2, 0.25) is 0 Å². The smallest absolute Gasteiger partial charge is 0.124 e. The van der Waals surface area contributed by atoms with Crippen LogP contribution in [0.15, 0.2) is 46.9 Å². The van der Waals surface area contributed by atoms with Crippen molar-refractivity contribution in [3.63, 3.8) is 0 Å². The number of para-hydroxylation sites is 1. The second-order valence-corrected chi connectivity index (χ2v) is 5.85. The molecule has 1 unspecified atom stereocenters. The SMILES string of the molecule is COc1ccccc1C(C)(N)c1ccc(Br)cc1Cl. The fourth-order valence-electron chi connectivity index (χ4n) is 2.13. The van der Waals surface area contributed by atoms with Crippen LogP contribution in [0.3, 0.4) is 0 Å². The van der Waals surface area contributed by atoms with Crippen molar-refractivity contribution in [2.75, 3.05) is 7.11 Å². The summed E-state index contributed by atoms with van der Waals surface area (Å²) >= 11 is 9.71. The Balaban J connectivity index is 2.58. The maximum Gasteiger partial charge on any atom is 0.124 e. The van der Waals surface area contributed by atoms with Crippen LogP contribution >= 0.6 is 27.5 Å². The Kier molecular flexibility index (Phi) is 4.19. The molecule has 0 fully saturated rings. The van der Waals surface area contributed by atoms with Crippen molar-refractivity contribution in [3.05, 3.63) is 63.1 Å². The summed E-state index contributed by atoms with van der Waals surface area (Å²) < 4.78 is 6.31. The van der Waals surface area contributed by atoms with Crippen molar-refractivity contribution in [3.8, 4) is 5.75 Å². The molecular formula is C15H15BrClNO. The molecule has 100 valence electrons. The van der Waals surface area contributed by atoms with Gasteiger partial charge >= 0.3 is 0 Å². The first-order valence-electron chi connectivity index (χ1n) is 5.84. The Morgan fingerprint density at radius 2 is 1.84 bits per heavy atom. The topological polar surface area (TPSA) is 35.2 Å². The third-order valence-corrected chi connectivity index (χ3v) is 3.96. The number of hydrogen-bond acceptors (Lipinski definition) is 2. The van der Waals surface area contributed by atoms with E-state index in [-0.39, 0.29) is 0 Å². The minimum absolute atomic E-state index is 0.630. The van der Waals surface area contributed by atoms with Crippen molar-refractivity contribution < 1.29 is 4.74 Å². The van der Waals surface area contributed by atoms with E-state index in [2.05, 4.69) is 15.9 Å². The molecular weight excluding hydrogens is 326 g/mol. The third kappa shape index (κ3) is 2.78. The van der Waals surface area contributed by atoms with E-state index in [9.17, 15) is 0 Å². The summed E-state index contributed by atoms with van der Waals surface area (Å²) in [5.41, 5.74) is 7.56. The van der Waals surface area contributed by atoms with Gasteiger partial charge in [0.1, 0.15) is 5.75 Å². The first-order valence-corrected chi connectivity index (χ1v) is 7.02. The number of nitrogens with two attached hydrogens (primary N) is 1. The summed E-state index contributed by atoms with van der Waals surface area (Å²) in [5.74, 6) is 0.756. The Bertz CT molecular complexity index is 598. The van der Waals surface area contributed by atoms with E-state index >= 15 is 0 Å². The van der Waals surface area contributed by atoms with Crippen molar-refractivity contribution in [2.45, 2.75) is 12.5 Å². The van der Waals surface area contributed by atoms with Gasteiger partial charge in [-0.2, -0.15) is 0 Å². The lowest BCUT2D eigenvalue weighted by molar-refractivity contribution is 0.399. The van der Waals surface area contributed by atoms with Gasteiger partial charge in [0.25, 0.3) is 0 Å². The number of methoxy groups -OCH3 is 1. The fourth-order valence-corrected chi connectivity index (χ4v) is 3.00. The van der Waals surface area contributed by atoms with Crippen LogP contribution in [0.5, 0.6) is 5.75 Å². The van der Waals surface area contributed by atoms with Gasteiger partial charge in [-0.15, -0.1) is 0 Å². The molecule has 0 aromatic heterocycles. The Morgan fingerprint density at radius 1 is 1.16 bits per heavy atom. The zero-order valence-electron chi connectivity index (χ0n) is 10.8. The van der Waals surface area contributed by atoms with Gasteiger partial charge in [-0.05, 0) is 30.7 Å². The van der Waals surface area contributed by atoms with Gasteiger partial charge < -0.3 is 10.5 Å². The Hall–Kier alpha value is -1.03. The Labute approximate surface area is 126 Å². The van der Waals surface area contributed by atoms with Gasteiger partial charge in [-0.3, -0.25) is 0 Å². The van der Waals surface area contributed by atoms with Crippen molar-refractivity contribution in [1.29, 1.82) is 0 Å². The summed E-state index contributed by atoms with van der Waals surface area (Å²) in [4.78, 5) is 0. The molecule has 0 saturated heterocycles. The van der Waals surface area contributed by atoms with E-state index in [0.29, 0.717) is 5.02 Å². The summed E-state index contributed by atoms with van der Waals surface area (Å²) in [6.45, 7) is 1.93. The number of halogens is 2. The zero-order valence-corrected chi connectivity index (χ0v) is 13.1. The maximum atomic E-state index is 6.51. The van der Waals surface area contributed by atoms with E-state index in [1.54, 1.807) is 7.11 Å². The molecule has 2 N–H and O–H groups in total. The van der Waals surface area contributed by atoms with Crippen LogP contribution in [-0.4, -0.2) is 7.11 Å². The molecule has 2 aromatic carbocycles. The van der Waals surface area contributed by atoms with Crippen LogP contribution in [0, 0.1) is 0 Å². The molecule has 0 aliphatic rings. The van der Waals surface area contributed by atoms with E-state index in [1.807, 2.05) is 49.4 Å².